The normalized spacial score (nSPS) is 10.4. The predicted octanol–water partition coefficient (Wildman–Crippen LogP) is 6.16. The second kappa shape index (κ2) is 10.7. The van der Waals surface area contributed by atoms with Crippen LogP contribution in [0.2, 0.25) is 0 Å². The van der Waals surface area contributed by atoms with E-state index >= 15 is 0 Å². The molecule has 10 heteroatoms. The monoisotopic (exact) mass is 536 g/mol. The van der Waals surface area contributed by atoms with Gasteiger partial charge in [-0.2, -0.15) is 0 Å². The van der Waals surface area contributed by atoms with E-state index < -0.39 is 12.1 Å². The molecule has 0 radical (unpaired) electrons. The second-order valence-corrected chi connectivity index (χ2v) is 8.03. The zero-order valence-electron chi connectivity index (χ0n) is 18.8. The Kier molecular flexibility index (Phi) is 7.32. The van der Waals surface area contributed by atoms with E-state index in [0.717, 1.165) is 5.39 Å². The molecule has 0 bridgehead atoms. The molecule has 3 N–H and O–H groups in total. The molecule has 0 spiro atoms. The van der Waals surface area contributed by atoms with Crippen molar-refractivity contribution in [3.8, 4) is 23.0 Å². The van der Waals surface area contributed by atoms with Crippen molar-refractivity contribution in [3.05, 3.63) is 77.4 Å². The van der Waals surface area contributed by atoms with Gasteiger partial charge in [-0.1, -0.05) is 12.1 Å². The maximum Gasteiger partial charge on any atom is 0.327 e. The highest BCUT2D eigenvalue weighted by atomic mass is 79.9. The van der Waals surface area contributed by atoms with Crippen molar-refractivity contribution < 1.29 is 23.8 Å². The molecule has 1 heterocycles. The van der Waals surface area contributed by atoms with Crippen LogP contribution in [0.4, 0.5) is 21.0 Å². The number of rotatable bonds is 6. The minimum absolute atomic E-state index is 0.481. The maximum absolute atomic E-state index is 12.2. The van der Waals surface area contributed by atoms with E-state index in [2.05, 4.69) is 36.9 Å². The molecule has 1 aromatic heterocycles. The Hall–Kier alpha value is -4.31. The Bertz CT molecular complexity index is 1380. The number of nitrogens with zero attached hydrogens (tertiary/aromatic N) is 1. The van der Waals surface area contributed by atoms with Gasteiger partial charge in [-0.15, -0.1) is 0 Å². The van der Waals surface area contributed by atoms with Gasteiger partial charge in [0, 0.05) is 27.8 Å². The zero-order valence-corrected chi connectivity index (χ0v) is 20.4. The Morgan fingerprint density at radius 3 is 2.23 bits per heavy atom. The first-order valence-corrected chi connectivity index (χ1v) is 11.2. The molecule has 0 saturated heterocycles. The first-order valence-electron chi connectivity index (χ1n) is 10.4. The van der Waals surface area contributed by atoms with Crippen LogP contribution in [-0.2, 0) is 0 Å². The van der Waals surface area contributed by atoms with Crippen LogP contribution in [0.25, 0.3) is 10.9 Å². The standard InChI is InChI=1S/C25H21BrN4O5/c1-33-22-13-17-20(14-23(22)34-2)27-12-11-21(17)35-16-9-7-15(8-10-16)28-24(31)30-25(32)29-19-6-4-3-5-18(19)26/h3-14H,1-2H3,(H3,28,29,30,31,32). The van der Waals surface area contributed by atoms with Gasteiger partial charge in [0.2, 0.25) is 0 Å². The molecule has 35 heavy (non-hydrogen) atoms. The highest BCUT2D eigenvalue weighted by Crippen LogP contribution is 2.37. The lowest BCUT2D eigenvalue weighted by Crippen LogP contribution is -2.37. The number of benzene rings is 3. The molecule has 3 aromatic carbocycles. The lowest BCUT2D eigenvalue weighted by Gasteiger charge is -2.13. The molecular weight excluding hydrogens is 516 g/mol. The summed E-state index contributed by atoms with van der Waals surface area (Å²) in [5, 5.41) is 8.17. The van der Waals surface area contributed by atoms with Gasteiger partial charge < -0.3 is 24.8 Å². The number of amides is 4. The Balaban J connectivity index is 1.40. The minimum Gasteiger partial charge on any atom is -0.493 e. The minimum atomic E-state index is -0.676. The second-order valence-electron chi connectivity index (χ2n) is 7.17. The summed E-state index contributed by atoms with van der Waals surface area (Å²) in [6.45, 7) is 0. The number of methoxy groups -OCH3 is 2. The van der Waals surface area contributed by atoms with Crippen LogP contribution in [0.15, 0.2) is 77.4 Å². The summed E-state index contributed by atoms with van der Waals surface area (Å²) in [6, 6.07) is 17.8. The van der Waals surface area contributed by atoms with E-state index in [1.807, 2.05) is 6.07 Å². The smallest absolute Gasteiger partial charge is 0.327 e. The lowest BCUT2D eigenvalue weighted by molar-refractivity contribution is 0.240. The topological polar surface area (TPSA) is 111 Å². The molecule has 0 fully saturated rings. The number of hydrogen-bond acceptors (Lipinski definition) is 6. The van der Waals surface area contributed by atoms with Gasteiger partial charge in [0.1, 0.15) is 11.5 Å². The van der Waals surface area contributed by atoms with Crippen LogP contribution in [0.1, 0.15) is 0 Å². The van der Waals surface area contributed by atoms with E-state index in [4.69, 9.17) is 14.2 Å². The van der Waals surface area contributed by atoms with E-state index in [0.29, 0.717) is 44.4 Å². The van der Waals surface area contributed by atoms with Crippen LogP contribution in [0.5, 0.6) is 23.0 Å². The number of anilines is 2. The van der Waals surface area contributed by atoms with Gasteiger partial charge in [-0.25, -0.2) is 9.59 Å². The van der Waals surface area contributed by atoms with Gasteiger partial charge in [0.15, 0.2) is 11.5 Å². The van der Waals surface area contributed by atoms with Gasteiger partial charge in [0.25, 0.3) is 0 Å². The van der Waals surface area contributed by atoms with Crippen molar-refractivity contribution in [3.63, 3.8) is 0 Å². The van der Waals surface area contributed by atoms with Crippen LogP contribution in [-0.4, -0.2) is 31.3 Å². The fourth-order valence-corrected chi connectivity index (χ4v) is 3.64. The molecule has 178 valence electrons. The number of urea groups is 2. The van der Waals surface area contributed by atoms with Crippen molar-refractivity contribution in [1.29, 1.82) is 0 Å². The number of nitrogens with one attached hydrogen (secondary N) is 3. The van der Waals surface area contributed by atoms with Crippen molar-refractivity contribution in [2.45, 2.75) is 0 Å². The number of carbonyl (C=O) groups excluding carboxylic acids is 2. The summed E-state index contributed by atoms with van der Waals surface area (Å²) in [4.78, 5) is 28.6. The first-order chi connectivity index (χ1) is 17.0. The molecule has 4 amide bonds. The Morgan fingerprint density at radius 1 is 0.829 bits per heavy atom. The number of aromatic nitrogens is 1. The summed E-state index contributed by atoms with van der Waals surface area (Å²) in [7, 11) is 3.13. The Morgan fingerprint density at radius 2 is 1.51 bits per heavy atom. The largest absolute Gasteiger partial charge is 0.493 e. The number of imide groups is 1. The third-order valence-electron chi connectivity index (χ3n) is 4.90. The SMILES string of the molecule is COc1cc2nccc(Oc3ccc(NC(=O)NC(=O)Nc4ccccc4Br)cc3)c2cc1OC. The molecule has 9 nitrogen and oxygen atoms in total. The lowest BCUT2D eigenvalue weighted by atomic mass is 10.2. The van der Waals surface area contributed by atoms with Gasteiger partial charge in [0.05, 0.1) is 25.4 Å². The van der Waals surface area contributed by atoms with Gasteiger partial charge in [-0.05, 0) is 64.5 Å². The predicted molar refractivity (Wildman–Crippen MR) is 137 cm³/mol. The molecule has 0 atom stereocenters. The zero-order chi connectivity index (χ0) is 24.8. The van der Waals surface area contributed by atoms with E-state index in [-0.39, 0.29) is 0 Å². The van der Waals surface area contributed by atoms with E-state index in [1.54, 1.807) is 81.1 Å². The highest BCUT2D eigenvalue weighted by molar-refractivity contribution is 9.10. The third kappa shape index (κ3) is 5.79. The summed E-state index contributed by atoms with van der Waals surface area (Å²) < 4.78 is 17.5. The van der Waals surface area contributed by atoms with Crippen molar-refractivity contribution >= 4 is 50.3 Å². The van der Waals surface area contributed by atoms with Gasteiger partial charge >= 0.3 is 12.1 Å². The number of hydrogen-bond donors (Lipinski definition) is 3. The quantitative estimate of drug-likeness (QED) is 0.272. The third-order valence-corrected chi connectivity index (χ3v) is 5.59. The molecule has 0 aliphatic heterocycles. The van der Waals surface area contributed by atoms with Crippen molar-refractivity contribution in [2.75, 3.05) is 24.9 Å². The fourth-order valence-electron chi connectivity index (χ4n) is 3.25. The summed E-state index contributed by atoms with van der Waals surface area (Å²) in [5.41, 5.74) is 1.71. The molecule has 0 aliphatic rings. The molecule has 0 unspecified atom stereocenters. The molecule has 0 saturated carbocycles. The molecule has 4 rings (SSSR count). The van der Waals surface area contributed by atoms with Crippen LogP contribution >= 0.6 is 15.9 Å². The van der Waals surface area contributed by atoms with Crippen LogP contribution in [0.3, 0.4) is 0 Å². The van der Waals surface area contributed by atoms with Crippen LogP contribution in [0, 0.1) is 0 Å². The Labute approximate surface area is 209 Å². The van der Waals surface area contributed by atoms with Crippen LogP contribution < -0.4 is 30.2 Å². The summed E-state index contributed by atoms with van der Waals surface area (Å²) >= 11 is 3.33. The average Bonchev–Trinajstić information content (AvgIpc) is 2.86. The fraction of sp³-hybridized carbons (Fsp3) is 0.0800. The number of carbonyl (C=O) groups is 2. The highest BCUT2D eigenvalue weighted by Gasteiger charge is 2.12. The summed E-state index contributed by atoms with van der Waals surface area (Å²) in [5.74, 6) is 2.26. The molecular formula is C25H21BrN4O5. The number of pyridine rings is 1. The number of para-hydroxylation sites is 1. The van der Waals surface area contributed by atoms with Crippen molar-refractivity contribution in [1.82, 2.24) is 10.3 Å². The van der Waals surface area contributed by atoms with E-state index in [9.17, 15) is 9.59 Å². The average molecular weight is 537 g/mol. The number of fused-ring (bicyclic) bond motifs is 1. The summed E-state index contributed by atoms with van der Waals surface area (Å²) in [6.07, 6.45) is 1.64. The maximum atomic E-state index is 12.2. The molecule has 0 aliphatic carbocycles. The first kappa shape index (κ1) is 23.8. The number of ether oxygens (including phenoxy) is 3. The molecule has 4 aromatic rings. The van der Waals surface area contributed by atoms with Crippen molar-refractivity contribution in [2.24, 2.45) is 0 Å². The number of halogens is 1. The van der Waals surface area contributed by atoms with E-state index in [1.165, 1.54) is 0 Å². The van der Waals surface area contributed by atoms with Gasteiger partial charge in [-0.3, -0.25) is 10.3 Å².